The molecule has 0 amide bonds. The van der Waals surface area contributed by atoms with Crippen molar-refractivity contribution in [1.29, 1.82) is 0 Å². The Balaban J connectivity index is 0.979. The van der Waals surface area contributed by atoms with Crippen molar-refractivity contribution in [3.63, 3.8) is 0 Å². The van der Waals surface area contributed by atoms with Gasteiger partial charge in [-0.1, -0.05) is 48.6 Å². The van der Waals surface area contributed by atoms with Gasteiger partial charge >= 0.3 is 0 Å². The van der Waals surface area contributed by atoms with Gasteiger partial charge in [-0.3, -0.25) is 0 Å². The molecule has 18 aliphatic rings. The van der Waals surface area contributed by atoms with Crippen LogP contribution >= 0.6 is 0 Å². The van der Waals surface area contributed by atoms with Crippen molar-refractivity contribution >= 4 is 44.4 Å². The third-order valence-electron chi connectivity index (χ3n) is 17.8. The normalized spacial score (nSPS) is 42.4. The highest BCUT2D eigenvalue weighted by atomic mass is 16.8. The monoisotopic (exact) mass is 910 g/mol. The molecule has 0 aromatic carbocycles. The van der Waals surface area contributed by atoms with Gasteiger partial charge in [-0.05, 0) is 124 Å². The number of rotatable bonds is 0. The first-order valence-corrected chi connectivity index (χ1v) is 25.0. The van der Waals surface area contributed by atoms with Gasteiger partial charge in [0.25, 0.3) is 0 Å². The van der Waals surface area contributed by atoms with Crippen LogP contribution in [0.4, 0.5) is 0 Å². The van der Waals surface area contributed by atoms with E-state index < -0.39 is 23.1 Å². The number of ether oxygens (including phenoxy) is 8. The van der Waals surface area contributed by atoms with Gasteiger partial charge in [-0.15, -0.1) is 0 Å². The van der Waals surface area contributed by atoms with Gasteiger partial charge in [0.1, 0.15) is 0 Å². The van der Waals surface area contributed by atoms with Gasteiger partial charge in [0.05, 0.1) is 71.6 Å². The molecule has 4 fully saturated rings. The van der Waals surface area contributed by atoms with E-state index in [0.717, 1.165) is 44.8 Å². The Morgan fingerprint density at radius 3 is 0.809 bits per heavy atom. The van der Waals surface area contributed by atoms with Crippen molar-refractivity contribution in [2.75, 3.05) is 0 Å². The molecule has 0 radical (unpaired) electrons. The molecule has 0 spiro atoms. The summed E-state index contributed by atoms with van der Waals surface area (Å²) < 4.78 is 54.1. The zero-order chi connectivity index (χ0) is 45.4. The van der Waals surface area contributed by atoms with Crippen LogP contribution in [0.5, 0.6) is 0 Å². The predicted octanol–water partition coefficient (Wildman–Crippen LogP) is 9.35. The number of aromatic amines is 2. The van der Waals surface area contributed by atoms with Gasteiger partial charge in [0.2, 0.25) is 0 Å². The van der Waals surface area contributed by atoms with Crippen molar-refractivity contribution in [2.24, 2.45) is 23.7 Å². The van der Waals surface area contributed by atoms with Gasteiger partial charge < -0.3 is 47.9 Å². The maximum Gasteiger partial charge on any atom is 0.163 e. The minimum Gasteiger partial charge on any atom is -0.355 e. The molecular weight excluding hydrogens is 857 g/mol. The molecule has 3 aromatic heterocycles. The fourth-order valence-electron chi connectivity index (χ4n) is 15.9. The molecule has 0 saturated carbocycles. The predicted molar refractivity (Wildman–Crippen MR) is 251 cm³/mol. The number of nitrogens with one attached hydrogen (secondary N) is 2. The van der Waals surface area contributed by atoms with Crippen LogP contribution < -0.4 is 0 Å². The van der Waals surface area contributed by atoms with E-state index in [9.17, 15) is 0 Å². The highest BCUT2D eigenvalue weighted by Crippen LogP contribution is 2.62. The standard InChI is InChI=1S/C56H54N4O8/c1-53(2)61-45-21-9-10-22(46(45)62-53)38-30-18-32-40-24-12-14-26(50-48(24)64-55(5,6)66-50)42(40)34(59-32)20-36-44-28-16-15-27(51-52(28)68-56(7,8)67-51)43(44)35(60-36)19-33-41-25-13-11-23(47-49(25)65-54(3,4)63-47)39(41)31(58-33)17-29(57-30)37(21)38/h9-28,45-52,57-58H,1-8H3/t21-,22+,23-,24-,25+,26+,27-,28+,45?,46?,47?,48?,49?,50?,51?,52?/m0/s1. The van der Waals surface area contributed by atoms with Crippen molar-refractivity contribution in [3.05, 3.63) is 118 Å². The SMILES string of the molecule is CC1(C)OC2C(O1)[C@H]1C=C[C@@H]2C2=C1c1cc3[nH]c(cc4[nH]c(cc5nc(cc2n1)C1=C5[C@@H]2C=C[C@H]1C1OC(C)(C)OC12)c1c4[C@@H]2C=C[C@H]1C1OC(C)(C)OC12)c1c3[C@H]2C=C[C@@H]1C1OC(C)(C)OC12. The molecule has 8 unspecified atom stereocenters. The van der Waals surface area contributed by atoms with Crippen LogP contribution in [0.2, 0.25) is 0 Å². The van der Waals surface area contributed by atoms with E-state index in [2.05, 4.69) is 82.8 Å². The Bertz CT molecular complexity index is 3090. The maximum absolute atomic E-state index is 6.77. The van der Waals surface area contributed by atoms with Gasteiger partial charge in [0, 0.05) is 69.4 Å². The highest BCUT2D eigenvalue weighted by Gasteiger charge is 2.60. The molecule has 3 aromatic rings. The molecule has 4 saturated heterocycles. The number of H-pyrrole nitrogens is 2. The van der Waals surface area contributed by atoms with Crippen molar-refractivity contribution in [2.45, 2.75) is 151 Å². The summed E-state index contributed by atoms with van der Waals surface area (Å²) >= 11 is 0. The van der Waals surface area contributed by atoms with Crippen LogP contribution in [0.3, 0.4) is 0 Å². The number of hydrogen-bond acceptors (Lipinski definition) is 10. The topological polar surface area (TPSA) is 131 Å². The summed E-state index contributed by atoms with van der Waals surface area (Å²) in [6.07, 6.45) is 17.8. The average Bonchev–Trinajstić information content (AvgIpc) is 4.16. The molecule has 21 rings (SSSR count). The lowest BCUT2D eigenvalue weighted by molar-refractivity contribution is -0.148. The fraction of sp³-hybridized carbons (Fsp3) is 0.500. The Labute approximate surface area is 393 Å². The summed E-state index contributed by atoms with van der Waals surface area (Å²) in [4.78, 5) is 19.5. The summed E-state index contributed by atoms with van der Waals surface area (Å²) in [6, 6.07) is 9.27. The molecule has 16 atom stereocenters. The zero-order valence-electron chi connectivity index (χ0n) is 39.3. The van der Waals surface area contributed by atoms with Crippen molar-refractivity contribution < 1.29 is 37.9 Å². The lowest BCUT2D eigenvalue weighted by atomic mass is 9.66. The minimum absolute atomic E-state index is 0.00737. The summed E-state index contributed by atoms with van der Waals surface area (Å²) in [7, 11) is 0. The third-order valence-corrected chi connectivity index (χ3v) is 17.8. The van der Waals surface area contributed by atoms with E-state index in [1.165, 1.54) is 44.5 Å². The Morgan fingerprint density at radius 2 is 0.529 bits per heavy atom. The summed E-state index contributed by atoms with van der Waals surface area (Å²) in [6.45, 7) is 16.3. The Kier molecular flexibility index (Phi) is 6.91. The van der Waals surface area contributed by atoms with E-state index in [1.54, 1.807) is 0 Å². The summed E-state index contributed by atoms with van der Waals surface area (Å²) in [5, 5.41) is 0. The van der Waals surface area contributed by atoms with Gasteiger partial charge in [-0.25, -0.2) is 9.97 Å². The summed E-state index contributed by atoms with van der Waals surface area (Å²) in [5.74, 6) is -2.97. The molecule has 12 aliphatic carbocycles. The number of aromatic nitrogens is 4. The lowest BCUT2D eigenvalue weighted by Gasteiger charge is -2.40. The van der Waals surface area contributed by atoms with Crippen LogP contribution in [0.15, 0.2) is 72.9 Å². The largest absolute Gasteiger partial charge is 0.355 e. The van der Waals surface area contributed by atoms with Gasteiger partial charge in [0.15, 0.2) is 23.1 Å². The third kappa shape index (κ3) is 4.80. The first-order valence-electron chi connectivity index (χ1n) is 25.0. The summed E-state index contributed by atoms with van der Waals surface area (Å²) in [5.41, 5.74) is 17.9. The van der Waals surface area contributed by atoms with E-state index >= 15 is 0 Å². The molecule has 6 aliphatic heterocycles. The van der Waals surface area contributed by atoms with E-state index in [1.807, 2.05) is 55.4 Å². The first-order chi connectivity index (χ1) is 32.6. The number of nitrogens with zero attached hydrogens (tertiary/aromatic N) is 2. The Morgan fingerprint density at radius 1 is 0.309 bits per heavy atom. The second-order valence-corrected chi connectivity index (χ2v) is 23.6. The molecule has 12 nitrogen and oxygen atoms in total. The molecule has 2 N–H and O–H groups in total. The van der Waals surface area contributed by atoms with Crippen molar-refractivity contribution in [3.8, 4) is 0 Å². The molecular formula is C56H54N4O8. The molecule has 16 bridgehead atoms. The minimum atomic E-state index is -0.701. The number of fused-ring (bicyclic) bond motifs is 8. The van der Waals surface area contributed by atoms with E-state index in [-0.39, 0.29) is 96.2 Å². The molecule has 9 heterocycles. The van der Waals surface area contributed by atoms with Crippen LogP contribution in [0.25, 0.3) is 44.4 Å². The highest BCUT2D eigenvalue weighted by molar-refractivity contribution is 6.02. The molecule has 12 heteroatoms. The van der Waals surface area contributed by atoms with E-state index in [0.29, 0.717) is 0 Å². The van der Waals surface area contributed by atoms with Gasteiger partial charge in [-0.2, -0.15) is 0 Å². The zero-order valence-corrected chi connectivity index (χ0v) is 39.3. The molecule has 346 valence electrons. The van der Waals surface area contributed by atoms with Crippen LogP contribution in [-0.2, 0) is 37.9 Å². The number of hydrogen-bond donors (Lipinski definition) is 2. The maximum atomic E-state index is 6.77. The second kappa shape index (κ2) is 12.0. The fourth-order valence-corrected chi connectivity index (χ4v) is 15.9. The van der Waals surface area contributed by atoms with Crippen LogP contribution in [0, 0.1) is 23.7 Å². The lowest BCUT2D eigenvalue weighted by Crippen LogP contribution is -2.43. The van der Waals surface area contributed by atoms with E-state index in [4.69, 9.17) is 47.9 Å². The second-order valence-electron chi connectivity index (χ2n) is 23.6. The quantitative estimate of drug-likeness (QED) is 0.211. The Hall–Kier alpha value is -4.76. The first kappa shape index (κ1) is 39.0. The smallest absolute Gasteiger partial charge is 0.163 e. The van der Waals surface area contributed by atoms with Crippen LogP contribution in [0.1, 0.15) is 124 Å². The van der Waals surface area contributed by atoms with Crippen LogP contribution in [-0.4, -0.2) is 91.9 Å². The molecule has 68 heavy (non-hydrogen) atoms. The van der Waals surface area contributed by atoms with Crippen molar-refractivity contribution in [1.82, 2.24) is 19.9 Å². The average molecular weight is 911 g/mol.